The fourth-order valence-corrected chi connectivity index (χ4v) is 2.31. The molecule has 1 heterocycles. The van der Waals surface area contributed by atoms with Crippen LogP contribution in [0.15, 0.2) is 18.2 Å². The van der Waals surface area contributed by atoms with E-state index in [1.165, 1.54) is 6.07 Å². The fourth-order valence-electron chi connectivity index (χ4n) is 2.04. The first-order valence-corrected chi connectivity index (χ1v) is 5.80. The van der Waals surface area contributed by atoms with E-state index in [1.54, 1.807) is 0 Å². The minimum Gasteiger partial charge on any atom is -0.381 e. The van der Waals surface area contributed by atoms with Gasteiger partial charge in [0.1, 0.15) is 0 Å². The van der Waals surface area contributed by atoms with Crippen molar-refractivity contribution in [3.63, 3.8) is 0 Å². The Hall–Kier alpha value is -0.740. The lowest BCUT2D eigenvalue weighted by Gasteiger charge is -2.24. The zero-order valence-electron chi connectivity index (χ0n) is 9.06. The first-order chi connectivity index (χ1) is 7.98. The number of rotatable bonds is 1. The van der Waals surface area contributed by atoms with Crippen LogP contribution in [-0.2, 0) is 10.9 Å². The van der Waals surface area contributed by atoms with Crippen molar-refractivity contribution >= 4 is 11.6 Å². The maximum absolute atomic E-state index is 12.6. The molecule has 1 aromatic carbocycles. The molecule has 0 unspecified atom stereocenters. The van der Waals surface area contributed by atoms with E-state index in [0.717, 1.165) is 25.0 Å². The van der Waals surface area contributed by atoms with Gasteiger partial charge in [-0.1, -0.05) is 11.6 Å². The molecule has 1 aliphatic heterocycles. The quantitative estimate of drug-likeness (QED) is 0.737. The van der Waals surface area contributed by atoms with Crippen molar-refractivity contribution in [2.75, 3.05) is 13.2 Å². The predicted octanol–water partition coefficient (Wildman–Crippen LogP) is 4.25. The van der Waals surface area contributed by atoms with Gasteiger partial charge in [-0.15, -0.1) is 0 Å². The third-order valence-electron chi connectivity index (χ3n) is 2.98. The molecule has 1 fully saturated rings. The minimum absolute atomic E-state index is 0.0681. The summed E-state index contributed by atoms with van der Waals surface area (Å²) in [6.07, 6.45) is -2.87. The Morgan fingerprint density at radius 2 is 1.82 bits per heavy atom. The monoisotopic (exact) mass is 264 g/mol. The van der Waals surface area contributed by atoms with Gasteiger partial charge in [0.25, 0.3) is 0 Å². The summed E-state index contributed by atoms with van der Waals surface area (Å²) in [6.45, 7) is 1.16. The molecule has 1 saturated heterocycles. The summed E-state index contributed by atoms with van der Waals surface area (Å²) in [4.78, 5) is 0. The average molecular weight is 265 g/mol. The number of benzene rings is 1. The molecule has 0 N–H and O–H groups in total. The Morgan fingerprint density at radius 1 is 1.18 bits per heavy atom. The molecule has 0 aromatic heterocycles. The zero-order chi connectivity index (χ0) is 12.5. The Labute approximate surface area is 103 Å². The van der Waals surface area contributed by atoms with E-state index in [-0.39, 0.29) is 5.92 Å². The molecular weight excluding hydrogens is 253 g/mol. The van der Waals surface area contributed by atoms with Gasteiger partial charge in [-0.3, -0.25) is 0 Å². The molecule has 2 rings (SSSR count). The molecule has 0 atom stereocenters. The smallest absolute Gasteiger partial charge is 0.381 e. The topological polar surface area (TPSA) is 9.23 Å². The van der Waals surface area contributed by atoms with Gasteiger partial charge in [-0.05, 0) is 42.5 Å². The van der Waals surface area contributed by atoms with Gasteiger partial charge in [0.05, 0.1) is 5.56 Å². The normalized spacial score (nSPS) is 18.4. The Bertz CT molecular complexity index is 397. The summed E-state index contributed by atoms with van der Waals surface area (Å²) < 4.78 is 43.0. The second kappa shape index (κ2) is 4.86. The number of ether oxygens (including phenoxy) is 1. The standard InChI is InChI=1S/C12H12ClF3O/c13-11-2-1-9(12(14,15)16)7-10(11)8-3-5-17-6-4-8/h1-2,7-8H,3-6H2. The van der Waals surface area contributed by atoms with E-state index in [1.807, 2.05) is 0 Å². The Morgan fingerprint density at radius 3 is 2.41 bits per heavy atom. The second-order valence-corrected chi connectivity index (χ2v) is 4.53. The van der Waals surface area contributed by atoms with Gasteiger partial charge in [-0.2, -0.15) is 13.2 Å². The van der Waals surface area contributed by atoms with Crippen LogP contribution in [0.25, 0.3) is 0 Å². The van der Waals surface area contributed by atoms with Crippen LogP contribution in [0.3, 0.4) is 0 Å². The maximum atomic E-state index is 12.6. The van der Waals surface area contributed by atoms with E-state index in [0.29, 0.717) is 23.8 Å². The van der Waals surface area contributed by atoms with Crippen LogP contribution in [0.4, 0.5) is 13.2 Å². The van der Waals surface area contributed by atoms with Gasteiger partial charge >= 0.3 is 6.18 Å². The number of alkyl halides is 3. The lowest BCUT2D eigenvalue weighted by atomic mass is 9.90. The highest BCUT2D eigenvalue weighted by molar-refractivity contribution is 6.31. The molecule has 0 spiro atoms. The van der Waals surface area contributed by atoms with Crippen molar-refractivity contribution in [3.8, 4) is 0 Å². The molecule has 0 saturated carbocycles. The fraction of sp³-hybridized carbons (Fsp3) is 0.500. The van der Waals surface area contributed by atoms with E-state index in [4.69, 9.17) is 16.3 Å². The number of hydrogen-bond acceptors (Lipinski definition) is 1. The average Bonchev–Trinajstić information content (AvgIpc) is 2.29. The summed E-state index contributed by atoms with van der Waals surface area (Å²) in [7, 11) is 0. The zero-order valence-corrected chi connectivity index (χ0v) is 9.81. The summed E-state index contributed by atoms with van der Waals surface area (Å²) in [5.74, 6) is 0.0681. The van der Waals surface area contributed by atoms with Crippen LogP contribution in [-0.4, -0.2) is 13.2 Å². The Kier molecular flexibility index (Phi) is 3.64. The van der Waals surface area contributed by atoms with Crippen LogP contribution < -0.4 is 0 Å². The van der Waals surface area contributed by atoms with Crippen molar-refractivity contribution in [1.82, 2.24) is 0 Å². The molecular formula is C12H12ClF3O. The van der Waals surface area contributed by atoms with Gasteiger partial charge in [0, 0.05) is 18.2 Å². The van der Waals surface area contributed by atoms with Crippen LogP contribution in [0, 0.1) is 0 Å². The third kappa shape index (κ3) is 2.93. The predicted molar refractivity (Wildman–Crippen MR) is 59.2 cm³/mol. The van der Waals surface area contributed by atoms with Crippen LogP contribution >= 0.6 is 11.6 Å². The molecule has 94 valence electrons. The SMILES string of the molecule is FC(F)(F)c1ccc(Cl)c(C2CCOCC2)c1. The minimum atomic E-state index is -4.31. The lowest BCUT2D eigenvalue weighted by molar-refractivity contribution is -0.137. The molecule has 0 aliphatic carbocycles. The molecule has 0 amide bonds. The lowest BCUT2D eigenvalue weighted by Crippen LogP contribution is -2.15. The van der Waals surface area contributed by atoms with Gasteiger partial charge in [-0.25, -0.2) is 0 Å². The summed E-state index contributed by atoms with van der Waals surface area (Å²) in [6, 6.07) is 3.51. The van der Waals surface area contributed by atoms with Crippen LogP contribution in [0.1, 0.15) is 29.9 Å². The largest absolute Gasteiger partial charge is 0.416 e. The van der Waals surface area contributed by atoms with Crippen molar-refractivity contribution in [3.05, 3.63) is 34.3 Å². The molecule has 0 bridgehead atoms. The molecule has 17 heavy (non-hydrogen) atoms. The summed E-state index contributed by atoms with van der Waals surface area (Å²) >= 11 is 5.97. The van der Waals surface area contributed by atoms with E-state index < -0.39 is 11.7 Å². The number of hydrogen-bond donors (Lipinski definition) is 0. The molecule has 1 nitrogen and oxygen atoms in total. The van der Waals surface area contributed by atoms with Crippen LogP contribution in [0.2, 0.25) is 5.02 Å². The summed E-state index contributed by atoms with van der Waals surface area (Å²) in [5, 5.41) is 0.407. The second-order valence-electron chi connectivity index (χ2n) is 4.12. The maximum Gasteiger partial charge on any atom is 0.416 e. The van der Waals surface area contributed by atoms with Crippen molar-refractivity contribution in [1.29, 1.82) is 0 Å². The van der Waals surface area contributed by atoms with E-state index in [2.05, 4.69) is 0 Å². The van der Waals surface area contributed by atoms with Crippen molar-refractivity contribution in [2.24, 2.45) is 0 Å². The molecule has 5 heteroatoms. The molecule has 1 aliphatic rings. The van der Waals surface area contributed by atoms with Crippen molar-refractivity contribution in [2.45, 2.75) is 24.9 Å². The molecule has 1 aromatic rings. The van der Waals surface area contributed by atoms with Gasteiger partial charge in [0.15, 0.2) is 0 Å². The van der Waals surface area contributed by atoms with Gasteiger partial charge < -0.3 is 4.74 Å². The third-order valence-corrected chi connectivity index (χ3v) is 3.33. The first kappa shape index (κ1) is 12.7. The highest BCUT2D eigenvalue weighted by Gasteiger charge is 2.32. The van der Waals surface area contributed by atoms with Crippen LogP contribution in [0.5, 0.6) is 0 Å². The van der Waals surface area contributed by atoms with Crippen molar-refractivity contribution < 1.29 is 17.9 Å². The summed E-state index contributed by atoms with van der Waals surface area (Å²) in [5.41, 5.74) is -0.0480. The first-order valence-electron chi connectivity index (χ1n) is 5.43. The van der Waals surface area contributed by atoms with E-state index >= 15 is 0 Å². The van der Waals surface area contributed by atoms with E-state index in [9.17, 15) is 13.2 Å². The Balaban J connectivity index is 2.31. The highest BCUT2D eigenvalue weighted by atomic mass is 35.5. The van der Waals surface area contributed by atoms with Gasteiger partial charge in [0.2, 0.25) is 0 Å². The highest BCUT2D eigenvalue weighted by Crippen LogP contribution is 2.37. The molecule has 0 radical (unpaired) electrons. The number of halogens is 4.